The molecular formula is C17H25N3. The molecule has 0 amide bonds. The van der Waals surface area contributed by atoms with E-state index in [4.69, 9.17) is 0 Å². The van der Waals surface area contributed by atoms with Crippen LogP contribution in [-0.2, 0) is 6.54 Å². The summed E-state index contributed by atoms with van der Waals surface area (Å²) < 4.78 is 0. The SMILES string of the molecule is CCC(C)CC(C)NCc1cn[nH]c1-c1ccccc1. The Bertz CT molecular complexity index is 504. The summed E-state index contributed by atoms with van der Waals surface area (Å²) in [6.45, 7) is 7.68. The molecule has 0 saturated heterocycles. The standard InChI is InChI=1S/C17H25N3/c1-4-13(2)10-14(3)18-11-16-12-19-20-17(16)15-8-6-5-7-9-15/h5-9,12-14,18H,4,10-11H2,1-3H3,(H,19,20). The van der Waals surface area contributed by atoms with Crippen molar-refractivity contribution < 1.29 is 0 Å². The minimum Gasteiger partial charge on any atom is -0.310 e. The predicted octanol–water partition coefficient (Wildman–Crippen LogP) is 3.99. The summed E-state index contributed by atoms with van der Waals surface area (Å²) >= 11 is 0. The van der Waals surface area contributed by atoms with Crippen LogP contribution in [-0.4, -0.2) is 16.2 Å². The molecule has 0 radical (unpaired) electrons. The van der Waals surface area contributed by atoms with Crippen LogP contribution in [0.1, 0.15) is 39.2 Å². The van der Waals surface area contributed by atoms with E-state index in [9.17, 15) is 0 Å². The average molecular weight is 271 g/mol. The molecule has 20 heavy (non-hydrogen) atoms. The maximum atomic E-state index is 4.19. The summed E-state index contributed by atoms with van der Waals surface area (Å²) in [5, 5.41) is 10.9. The summed E-state index contributed by atoms with van der Waals surface area (Å²) in [5.41, 5.74) is 3.54. The Morgan fingerprint density at radius 3 is 2.65 bits per heavy atom. The predicted molar refractivity (Wildman–Crippen MR) is 84.4 cm³/mol. The molecule has 2 unspecified atom stereocenters. The van der Waals surface area contributed by atoms with Crippen LogP contribution in [0.25, 0.3) is 11.3 Å². The van der Waals surface area contributed by atoms with Crippen molar-refractivity contribution in [2.75, 3.05) is 0 Å². The Labute approximate surface area is 121 Å². The number of rotatable bonds is 7. The van der Waals surface area contributed by atoms with Crippen LogP contribution in [0.15, 0.2) is 36.5 Å². The number of nitrogens with one attached hydrogen (secondary N) is 2. The molecule has 1 aromatic carbocycles. The molecule has 0 saturated carbocycles. The van der Waals surface area contributed by atoms with E-state index >= 15 is 0 Å². The molecule has 108 valence electrons. The fourth-order valence-electron chi connectivity index (χ4n) is 2.44. The monoisotopic (exact) mass is 271 g/mol. The molecule has 0 aliphatic rings. The molecule has 0 fully saturated rings. The van der Waals surface area contributed by atoms with Gasteiger partial charge in [0, 0.05) is 18.2 Å². The zero-order chi connectivity index (χ0) is 14.4. The lowest BCUT2D eigenvalue weighted by Crippen LogP contribution is -2.27. The van der Waals surface area contributed by atoms with Crippen molar-refractivity contribution in [3.8, 4) is 11.3 Å². The molecule has 1 heterocycles. The highest BCUT2D eigenvalue weighted by atomic mass is 15.1. The Hall–Kier alpha value is -1.61. The number of hydrogen-bond donors (Lipinski definition) is 2. The second-order valence-electron chi connectivity index (χ2n) is 5.67. The lowest BCUT2D eigenvalue weighted by molar-refractivity contribution is 0.412. The van der Waals surface area contributed by atoms with E-state index < -0.39 is 0 Å². The van der Waals surface area contributed by atoms with Crippen molar-refractivity contribution in [1.29, 1.82) is 0 Å². The number of aromatic amines is 1. The van der Waals surface area contributed by atoms with Gasteiger partial charge >= 0.3 is 0 Å². The van der Waals surface area contributed by atoms with Crippen molar-refractivity contribution >= 4 is 0 Å². The van der Waals surface area contributed by atoms with Crippen LogP contribution in [0.2, 0.25) is 0 Å². The number of H-pyrrole nitrogens is 1. The average Bonchev–Trinajstić information content (AvgIpc) is 2.94. The Morgan fingerprint density at radius 2 is 1.95 bits per heavy atom. The molecule has 2 rings (SSSR count). The van der Waals surface area contributed by atoms with Gasteiger partial charge in [-0.2, -0.15) is 5.10 Å². The fraction of sp³-hybridized carbons (Fsp3) is 0.471. The van der Waals surface area contributed by atoms with Crippen molar-refractivity contribution in [2.24, 2.45) is 5.92 Å². The normalized spacial score (nSPS) is 14.2. The van der Waals surface area contributed by atoms with Crippen molar-refractivity contribution in [3.05, 3.63) is 42.1 Å². The van der Waals surface area contributed by atoms with Gasteiger partial charge in [0.25, 0.3) is 0 Å². The zero-order valence-corrected chi connectivity index (χ0v) is 12.7. The fourth-order valence-corrected chi connectivity index (χ4v) is 2.44. The van der Waals surface area contributed by atoms with Gasteiger partial charge in [-0.1, -0.05) is 50.6 Å². The highest BCUT2D eigenvalue weighted by molar-refractivity contribution is 5.62. The van der Waals surface area contributed by atoms with E-state index in [1.165, 1.54) is 24.0 Å². The Balaban J connectivity index is 1.96. The van der Waals surface area contributed by atoms with Crippen LogP contribution >= 0.6 is 0 Å². The van der Waals surface area contributed by atoms with Crippen LogP contribution in [0.3, 0.4) is 0 Å². The first kappa shape index (κ1) is 14.8. The number of nitrogens with zero attached hydrogens (tertiary/aromatic N) is 1. The molecule has 2 aromatic rings. The molecule has 0 aliphatic carbocycles. The summed E-state index contributed by atoms with van der Waals surface area (Å²) in [7, 11) is 0. The van der Waals surface area contributed by atoms with Gasteiger partial charge in [-0.25, -0.2) is 0 Å². The lowest BCUT2D eigenvalue weighted by Gasteiger charge is -2.17. The second kappa shape index (κ2) is 7.25. The lowest BCUT2D eigenvalue weighted by atomic mass is 10.00. The first-order chi connectivity index (χ1) is 9.70. The van der Waals surface area contributed by atoms with Gasteiger partial charge in [0.05, 0.1) is 11.9 Å². The third kappa shape index (κ3) is 3.94. The molecule has 3 nitrogen and oxygen atoms in total. The molecule has 2 atom stereocenters. The van der Waals surface area contributed by atoms with Gasteiger partial charge in [-0.15, -0.1) is 0 Å². The largest absolute Gasteiger partial charge is 0.310 e. The van der Waals surface area contributed by atoms with Crippen LogP contribution in [0.5, 0.6) is 0 Å². The van der Waals surface area contributed by atoms with Gasteiger partial charge in [-0.3, -0.25) is 5.10 Å². The first-order valence-electron chi connectivity index (χ1n) is 7.51. The van der Waals surface area contributed by atoms with E-state index in [-0.39, 0.29) is 0 Å². The minimum absolute atomic E-state index is 0.531. The molecule has 1 aromatic heterocycles. The number of aromatic nitrogens is 2. The molecule has 0 aliphatic heterocycles. The molecular weight excluding hydrogens is 246 g/mol. The maximum absolute atomic E-state index is 4.19. The summed E-state index contributed by atoms with van der Waals surface area (Å²) in [6.07, 6.45) is 4.38. The third-order valence-corrected chi connectivity index (χ3v) is 3.87. The van der Waals surface area contributed by atoms with E-state index in [1.54, 1.807) is 0 Å². The molecule has 0 spiro atoms. The van der Waals surface area contributed by atoms with Crippen LogP contribution < -0.4 is 5.32 Å². The van der Waals surface area contributed by atoms with Gasteiger partial charge in [0.2, 0.25) is 0 Å². The number of hydrogen-bond acceptors (Lipinski definition) is 2. The van der Waals surface area contributed by atoms with Crippen molar-refractivity contribution in [2.45, 2.75) is 46.2 Å². The van der Waals surface area contributed by atoms with Crippen molar-refractivity contribution in [3.63, 3.8) is 0 Å². The highest BCUT2D eigenvalue weighted by Gasteiger charge is 2.10. The van der Waals surface area contributed by atoms with Gasteiger partial charge in [-0.05, 0) is 24.8 Å². The zero-order valence-electron chi connectivity index (χ0n) is 12.7. The quantitative estimate of drug-likeness (QED) is 0.799. The van der Waals surface area contributed by atoms with Crippen LogP contribution in [0, 0.1) is 5.92 Å². The van der Waals surface area contributed by atoms with E-state index in [0.29, 0.717) is 6.04 Å². The van der Waals surface area contributed by atoms with Crippen LogP contribution in [0.4, 0.5) is 0 Å². The van der Waals surface area contributed by atoms with Gasteiger partial charge in [0.1, 0.15) is 0 Å². The Kier molecular flexibility index (Phi) is 5.36. The highest BCUT2D eigenvalue weighted by Crippen LogP contribution is 2.20. The summed E-state index contributed by atoms with van der Waals surface area (Å²) in [5.74, 6) is 0.774. The molecule has 3 heteroatoms. The Morgan fingerprint density at radius 1 is 1.20 bits per heavy atom. The molecule has 2 N–H and O–H groups in total. The summed E-state index contributed by atoms with van der Waals surface area (Å²) in [4.78, 5) is 0. The van der Waals surface area contributed by atoms with Gasteiger partial charge in [0.15, 0.2) is 0 Å². The number of benzene rings is 1. The third-order valence-electron chi connectivity index (χ3n) is 3.87. The summed E-state index contributed by atoms with van der Waals surface area (Å²) in [6, 6.07) is 10.9. The first-order valence-corrected chi connectivity index (χ1v) is 7.51. The molecule has 0 bridgehead atoms. The topological polar surface area (TPSA) is 40.7 Å². The smallest absolute Gasteiger partial charge is 0.0695 e. The maximum Gasteiger partial charge on any atom is 0.0695 e. The van der Waals surface area contributed by atoms with Crippen molar-refractivity contribution in [1.82, 2.24) is 15.5 Å². The minimum atomic E-state index is 0.531. The second-order valence-corrected chi connectivity index (χ2v) is 5.67. The van der Waals surface area contributed by atoms with E-state index in [0.717, 1.165) is 18.2 Å². The van der Waals surface area contributed by atoms with E-state index in [2.05, 4.69) is 60.6 Å². The van der Waals surface area contributed by atoms with E-state index in [1.807, 2.05) is 12.3 Å². The van der Waals surface area contributed by atoms with Gasteiger partial charge < -0.3 is 5.32 Å².